The number of hydrogen-bond donors (Lipinski definition) is 0. The minimum Gasteiger partial charge on any atom is -0.455 e. The minimum absolute atomic E-state index is 0.282. The quantitative estimate of drug-likeness (QED) is 0.572. The Morgan fingerprint density at radius 2 is 1.62 bits per heavy atom. The Morgan fingerprint density at radius 1 is 1.04 bits per heavy atom. The van der Waals surface area contributed by atoms with Gasteiger partial charge >= 0.3 is 17.9 Å². The van der Waals surface area contributed by atoms with Crippen molar-refractivity contribution in [2.45, 2.75) is 58.7 Å². The number of carbonyl (C=O) groups is 3. The van der Waals surface area contributed by atoms with Crippen LogP contribution in [0, 0.1) is 0 Å². The first-order valence-electron chi connectivity index (χ1n) is 7.44. The summed E-state index contributed by atoms with van der Waals surface area (Å²) in [5.74, 6) is -1.59. The molecule has 1 aliphatic rings. The highest BCUT2D eigenvalue weighted by Gasteiger charge is 2.53. The zero-order chi connectivity index (χ0) is 17.9. The normalized spacial score (nSPS) is 26.0. The van der Waals surface area contributed by atoms with E-state index in [1.807, 2.05) is 6.92 Å². The van der Waals surface area contributed by atoms with Gasteiger partial charge in [0.25, 0.3) is 0 Å². The molecule has 0 aromatic carbocycles. The Bertz CT molecular complexity index is 625. The predicted octanol–water partition coefficient (Wildman–Crippen LogP) is 1.06. The molecule has 0 bridgehead atoms. The van der Waals surface area contributed by atoms with E-state index < -0.39 is 42.5 Å². The SMILES string of the molecule is CCc1cc([C@H]2O[C@H](OC(C)=O)[C@H](OC(C)=O)[C@@H]2OC(C)=O)on1. The van der Waals surface area contributed by atoms with Crippen LogP contribution in [-0.4, -0.2) is 41.6 Å². The molecule has 1 aromatic heterocycles. The molecule has 1 aliphatic heterocycles. The van der Waals surface area contributed by atoms with E-state index in [1.54, 1.807) is 6.07 Å². The number of aromatic nitrogens is 1. The van der Waals surface area contributed by atoms with Gasteiger partial charge in [-0.2, -0.15) is 0 Å². The number of ether oxygens (including phenoxy) is 4. The van der Waals surface area contributed by atoms with E-state index in [1.165, 1.54) is 20.8 Å². The topological polar surface area (TPSA) is 114 Å². The molecule has 4 atom stereocenters. The molecule has 1 aromatic rings. The second-order valence-corrected chi connectivity index (χ2v) is 5.26. The number of hydrogen-bond acceptors (Lipinski definition) is 9. The summed E-state index contributed by atoms with van der Waals surface area (Å²) in [6, 6.07) is 1.64. The Hall–Kier alpha value is -2.42. The van der Waals surface area contributed by atoms with Crippen molar-refractivity contribution in [1.82, 2.24) is 5.16 Å². The average molecular weight is 341 g/mol. The summed E-state index contributed by atoms with van der Waals surface area (Å²) in [7, 11) is 0. The molecular formula is C15H19NO8. The molecule has 0 spiro atoms. The molecule has 24 heavy (non-hydrogen) atoms. The van der Waals surface area contributed by atoms with E-state index in [4.69, 9.17) is 23.5 Å². The van der Waals surface area contributed by atoms with Crippen molar-refractivity contribution in [3.8, 4) is 0 Å². The van der Waals surface area contributed by atoms with E-state index in [2.05, 4.69) is 5.16 Å². The summed E-state index contributed by atoms with van der Waals surface area (Å²) in [5.41, 5.74) is 0.676. The number of nitrogens with zero attached hydrogens (tertiary/aromatic N) is 1. The third-order valence-electron chi connectivity index (χ3n) is 3.28. The highest BCUT2D eigenvalue weighted by atomic mass is 16.7. The van der Waals surface area contributed by atoms with Crippen LogP contribution >= 0.6 is 0 Å². The molecule has 132 valence electrons. The highest BCUT2D eigenvalue weighted by molar-refractivity contribution is 5.68. The highest BCUT2D eigenvalue weighted by Crippen LogP contribution is 2.38. The molecule has 0 N–H and O–H groups in total. The van der Waals surface area contributed by atoms with Gasteiger partial charge in [0, 0.05) is 26.8 Å². The molecule has 0 aliphatic carbocycles. The van der Waals surface area contributed by atoms with Crippen LogP contribution in [0.1, 0.15) is 45.3 Å². The number of rotatable bonds is 5. The third kappa shape index (κ3) is 4.10. The Kier molecular flexibility index (Phi) is 5.55. The zero-order valence-corrected chi connectivity index (χ0v) is 13.8. The molecule has 0 radical (unpaired) electrons. The fourth-order valence-electron chi connectivity index (χ4n) is 2.38. The summed E-state index contributed by atoms with van der Waals surface area (Å²) in [5, 5.41) is 3.85. The fourth-order valence-corrected chi connectivity index (χ4v) is 2.38. The van der Waals surface area contributed by atoms with E-state index in [-0.39, 0.29) is 5.76 Å². The minimum atomic E-state index is -1.23. The van der Waals surface area contributed by atoms with E-state index >= 15 is 0 Å². The first-order chi connectivity index (χ1) is 11.3. The first-order valence-corrected chi connectivity index (χ1v) is 7.44. The smallest absolute Gasteiger partial charge is 0.305 e. The fraction of sp³-hybridized carbons (Fsp3) is 0.600. The van der Waals surface area contributed by atoms with Crippen molar-refractivity contribution < 1.29 is 37.9 Å². The van der Waals surface area contributed by atoms with Crippen LogP contribution in [0.4, 0.5) is 0 Å². The standard InChI is InChI=1S/C15H19NO8/c1-5-10-6-11(24-16-10)12-13(20-7(2)17)14(21-8(3)18)15(23-12)22-9(4)19/h6,12-15H,5H2,1-4H3/t12-,13-,14-,15+/m1/s1. The Balaban J connectivity index is 2.34. The number of carbonyl (C=O) groups excluding carboxylic acids is 3. The summed E-state index contributed by atoms with van der Waals surface area (Å²) >= 11 is 0. The van der Waals surface area contributed by atoms with Gasteiger partial charge in [-0.15, -0.1) is 0 Å². The van der Waals surface area contributed by atoms with Gasteiger partial charge in [-0.1, -0.05) is 12.1 Å². The van der Waals surface area contributed by atoms with Gasteiger partial charge in [0.1, 0.15) is 0 Å². The van der Waals surface area contributed by atoms with E-state index in [0.29, 0.717) is 12.1 Å². The van der Waals surface area contributed by atoms with Crippen molar-refractivity contribution in [2.75, 3.05) is 0 Å². The maximum atomic E-state index is 11.4. The Labute approximate surface area is 138 Å². The molecule has 0 saturated carbocycles. The Morgan fingerprint density at radius 3 is 2.12 bits per heavy atom. The lowest BCUT2D eigenvalue weighted by molar-refractivity contribution is -0.196. The molecule has 9 nitrogen and oxygen atoms in total. The van der Waals surface area contributed by atoms with Crippen molar-refractivity contribution in [3.63, 3.8) is 0 Å². The zero-order valence-electron chi connectivity index (χ0n) is 13.8. The maximum Gasteiger partial charge on any atom is 0.305 e. The lowest BCUT2D eigenvalue weighted by Crippen LogP contribution is -2.39. The second-order valence-electron chi connectivity index (χ2n) is 5.26. The van der Waals surface area contributed by atoms with Gasteiger partial charge in [0.2, 0.25) is 12.4 Å². The van der Waals surface area contributed by atoms with Gasteiger partial charge in [0.05, 0.1) is 5.69 Å². The van der Waals surface area contributed by atoms with Crippen LogP contribution in [0.15, 0.2) is 10.6 Å². The van der Waals surface area contributed by atoms with E-state index in [9.17, 15) is 14.4 Å². The van der Waals surface area contributed by atoms with Gasteiger partial charge in [-0.05, 0) is 6.42 Å². The van der Waals surface area contributed by atoms with Crippen LogP contribution in [0.25, 0.3) is 0 Å². The molecule has 0 amide bonds. The molecule has 1 saturated heterocycles. The van der Waals surface area contributed by atoms with Crippen molar-refractivity contribution in [2.24, 2.45) is 0 Å². The van der Waals surface area contributed by atoms with Crippen LogP contribution in [0.2, 0.25) is 0 Å². The predicted molar refractivity (Wildman–Crippen MR) is 76.4 cm³/mol. The lowest BCUT2D eigenvalue weighted by Gasteiger charge is -2.22. The molecule has 9 heteroatoms. The van der Waals surface area contributed by atoms with Gasteiger partial charge in [-0.25, -0.2) is 0 Å². The number of esters is 3. The average Bonchev–Trinajstić information content (AvgIpc) is 3.05. The molecule has 2 heterocycles. The van der Waals surface area contributed by atoms with Crippen molar-refractivity contribution >= 4 is 17.9 Å². The van der Waals surface area contributed by atoms with Gasteiger partial charge in [0.15, 0.2) is 18.0 Å². The first kappa shape index (κ1) is 17.9. The van der Waals surface area contributed by atoms with Crippen LogP contribution in [0.5, 0.6) is 0 Å². The lowest BCUT2D eigenvalue weighted by atomic mass is 10.1. The molecule has 0 unspecified atom stereocenters. The molecular weight excluding hydrogens is 322 g/mol. The maximum absolute atomic E-state index is 11.4. The van der Waals surface area contributed by atoms with Crippen molar-refractivity contribution in [1.29, 1.82) is 0 Å². The second kappa shape index (κ2) is 7.43. The van der Waals surface area contributed by atoms with Crippen LogP contribution in [-0.2, 0) is 39.8 Å². The summed E-state index contributed by atoms with van der Waals surface area (Å²) in [6.45, 7) is 5.47. The largest absolute Gasteiger partial charge is 0.455 e. The summed E-state index contributed by atoms with van der Waals surface area (Å²) in [4.78, 5) is 34.1. The van der Waals surface area contributed by atoms with Gasteiger partial charge in [-0.3, -0.25) is 14.4 Å². The van der Waals surface area contributed by atoms with Crippen molar-refractivity contribution in [3.05, 3.63) is 17.5 Å². The monoisotopic (exact) mass is 341 g/mol. The summed E-state index contributed by atoms with van der Waals surface area (Å²) < 4.78 is 26.2. The number of aryl methyl sites for hydroxylation is 1. The van der Waals surface area contributed by atoms with Crippen LogP contribution < -0.4 is 0 Å². The molecule has 1 fully saturated rings. The van der Waals surface area contributed by atoms with Gasteiger partial charge < -0.3 is 23.5 Å². The van der Waals surface area contributed by atoms with Crippen LogP contribution in [0.3, 0.4) is 0 Å². The summed E-state index contributed by atoms with van der Waals surface area (Å²) in [6.07, 6.45) is -3.66. The molecule has 2 rings (SSSR count). The third-order valence-corrected chi connectivity index (χ3v) is 3.28. The van der Waals surface area contributed by atoms with E-state index in [0.717, 1.165) is 0 Å².